The van der Waals surface area contributed by atoms with Crippen molar-refractivity contribution < 1.29 is 4.79 Å². The second-order valence-corrected chi connectivity index (χ2v) is 6.61. The number of likely N-dealkylation sites (tertiary alicyclic amines) is 1. The van der Waals surface area contributed by atoms with E-state index in [1.165, 1.54) is 51.6 Å². The largest absolute Gasteiger partial charge is 0.343 e. The average molecular weight is 280 g/mol. The molecule has 1 aliphatic carbocycles. The number of hydrogen-bond donors (Lipinski definition) is 0. The minimum atomic E-state index is 0.257. The number of carbonyl (C=O) groups excluding carboxylic acids is 1. The normalized spacial score (nSPS) is 25.6. The maximum atomic E-state index is 12.5. The first-order chi connectivity index (χ1) is 9.74. The fraction of sp³-hybridized carbons (Fsp3) is 0.941. The van der Waals surface area contributed by atoms with Gasteiger partial charge in [-0.2, -0.15) is 0 Å². The topological polar surface area (TPSA) is 23.6 Å². The van der Waals surface area contributed by atoms with Crippen LogP contribution in [0.1, 0.15) is 58.8 Å². The molecule has 0 aromatic heterocycles. The van der Waals surface area contributed by atoms with Gasteiger partial charge in [0.15, 0.2) is 0 Å². The Bertz CT molecular complexity index is 295. The summed E-state index contributed by atoms with van der Waals surface area (Å²) in [5, 5.41) is 0. The second kappa shape index (κ2) is 8.02. The van der Waals surface area contributed by atoms with Crippen molar-refractivity contribution in [2.45, 2.75) is 58.8 Å². The summed E-state index contributed by atoms with van der Waals surface area (Å²) in [4.78, 5) is 17.1. The number of carbonyl (C=O) groups is 1. The van der Waals surface area contributed by atoms with E-state index >= 15 is 0 Å². The Balaban J connectivity index is 1.82. The summed E-state index contributed by atoms with van der Waals surface area (Å²) in [5.74, 6) is 1.54. The number of rotatable bonds is 5. The third-order valence-corrected chi connectivity index (χ3v) is 5.17. The lowest BCUT2D eigenvalue weighted by molar-refractivity contribution is -0.137. The number of amides is 1. The maximum absolute atomic E-state index is 12.5. The first-order valence-electron chi connectivity index (χ1n) is 8.75. The molecule has 0 unspecified atom stereocenters. The van der Waals surface area contributed by atoms with Crippen molar-refractivity contribution in [3.8, 4) is 0 Å². The monoisotopic (exact) mass is 280 g/mol. The van der Waals surface area contributed by atoms with Crippen LogP contribution in [0, 0.1) is 11.8 Å². The lowest BCUT2D eigenvalue weighted by Crippen LogP contribution is -2.46. The Morgan fingerprint density at radius 1 is 1.05 bits per heavy atom. The smallest absolute Gasteiger partial charge is 0.226 e. The van der Waals surface area contributed by atoms with E-state index in [2.05, 4.69) is 18.7 Å². The van der Waals surface area contributed by atoms with E-state index in [-0.39, 0.29) is 5.92 Å². The molecule has 116 valence electrons. The third-order valence-electron chi connectivity index (χ3n) is 5.17. The van der Waals surface area contributed by atoms with Gasteiger partial charge >= 0.3 is 0 Å². The molecule has 0 aromatic rings. The number of hydrogen-bond acceptors (Lipinski definition) is 2. The van der Waals surface area contributed by atoms with Gasteiger partial charge in [-0.3, -0.25) is 4.79 Å². The van der Waals surface area contributed by atoms with Crippen LogP contribution in [0.15, 0.2) is 0 Å². The van der Waals surface area contributed by atoms with E-state index in [9.17, 15) is 4.79 Å². The zero-order chi connectivity index (χ0) is 14.4. The molecule has 0 spiro atoms. The van der Waals surface area contributed by atoms with Gasteiger partial charge in [0.25, 0.3) is 0 Å². The highest BCUT2D eigenvalue weighted by molar-refractivity contribution is 5.79. The van der Waals surface area contributed by atoms with Crippen molar-refractivity contribution >= 4 is 5.91 Å². The highest BCUT2D eigenvalue weighted by Gasteiger charge is 2.29. The van der Waals surface area contributed by atoms with Crippen LogP contribution in [0.25, 0.3) is 0 Å². The quantitative estimate of drug-likeness (QED) is 0.772. The molecule has 0 radical (unpaired) electrons. The van der Waals surface area contributed by atoms with Crippen molar-refractivity contribution in [2.24, 2.45) is 11.8 Å². The van der Waals surface area contributed by atoms with Gasteiger partial charge in [0.05, 0.1) is 5.92 Å². The number of piperidine rings is 1. The molecule has 0 aromatic carbocycles. The van der Waals surface area contributed by atoms with Gasteiger partial charge in [-0.25, -0.2) is 0 Å². The van der Waals surface area contributed by atoms with Gasteiger partial charge in [-0.05, 0) is 52.0 Å². The molecule has 2 aliphatic rings. The molecule has 1 saturated heterocycles. The van der Waals surface area contributed by atoms with Crippen LogP contribution in [-0.4, -0.2) is 48.4 Å². The van der Waals surface area contributed by atoms with Crippen molar-refractivity contribution in [1.29, 1.82) is 0 Å². The van der Waals surface area contributed by atoms with Crippen molar-refractivity contribution in [1.82, 2.24) is 9.80 Å². The molecular formula is C17H32N2O. The van der Waals surface area contributed by atoms with E-state index < -0.39 is 0 Å². The van der Waals surface area contributed by atoms with Crippen LogP contribution in [0.2, 0.25) is 0 Å². The van der Waals surface area contributed by atoms with Crippen molar-refractivity contribution in [3.05, 3.63) is 0 Å². The minimum Gasteiger partial charge on any atom is -0.343 e. The Morgan fingerprint density at radius 2 is 1.75 bits per heavy atom. The lowest BCUT2D eigenvalue weighted by atomic mass is 9.87. The summed E-state index contributed by atoms with van der Waals surface area (Å²) < 4.78 is 0. The number of nitrogens with zero attached hydrogens (tertiary/aromatic N) is 2. The summed E-state index contributed by atoms with van der Waals surface area (Å²) >= 11 is 0. The Kier molecular flexibility index (Phi) is 6.34. The summed E-state index contributed by atoms with van der Waals surface area (Å²) in [6.45, 7) is 9.34. The molecule has 1 amide bonds. The summed E-state index contributed by atoms with van der Waals surface area (Å²) in [6.07, 6.45) is 9.37. The van der Waals surface area contributed by atoms with Crippen LogP contribution in [0.4, 0.5) is 0 Å². The summed E-state index contributed by atoms with van der Waals surface area (Å²) in [6, 6.07) is 0. The SMILES string of the molecule is CCN(CC)C(=O)[C@H]1CCCN(CC2CCCCC2)C1. The van der Waals surface area contributed by atoms with Crippen molar-refractivity contribution in [3.63, 3.8) is 0 Å². The van der Waals surface area contributed by atoms with Crippen LogP contribution < -0.4 is 0 Å². The van der Waals surface area contributed by atoms with E-state index in [0.717, 1.165) is 32.0 Å². The Labute approximate surface area is 124 Å². The second-order valence-electron chi connectivity index (χ2n) is 6.61. The molecule has 1 saturated carbocycles. The minimum absolute atomic E-state index is 0.257. The summed E-state index contributed by atoms with van der Waals surface area (Å²) in [7, 11) is 0. The van der Waals surface area contributed by atoms with E-state index in [0.29, 0.717) is 5.91 Å². The van der Waals surface area contributed by atoms with E-state index in [4.69, 9.17) is 0 Å². The molecule has 1 aliphatic heterocycles. The molecule has 2 rings (SSSR count). The van der Waals surface area contributed by atoms with Crippen LogP contribution >= 0.6 is 0 Å². The lowest BCUT2D eigenvalue weighted by Gasteiger charge is -2.37. The zero-order valence-corrected chi connectivity index (χ0v) is 13.4. The highest BCUT2D eigenvalue weighted by Crippen LogP contribution is 2.26. The van der Waals surface area contributed by atoms with Crippen LogP contribution in [0.3, 0.4) is 0 Å². The Hall–Kier alpha value is -0.570. The molecule has 2 fully saturated rings. The molecule has 3 heteroatoms. The third kappa shape index (κ3) is 4.21. The molecule has 0 N–H and O–H groups in total. The predicted molar refractivity (Wildman–Crippen MR) is 83.7 cm³/mol. The fourth-order valence-electron chi connectivity index (χ4n) is 3.95. The first-order valence-corrected chi connectivity index (χ1v) is 8.75. The molecule has 3 nitrogen and oxygen atoms in total. The maximum Gasteiger partial charge on any atom is 0.226 e. The molecular weight excluding hydrogens is 248 g/mol. The molecule has 1 atom stereocenters. The summed E-state index contributed by atoms with van der Waals surface area (Å²) in [5.41, 5.74) is 0. The average Bonchev–Trinajstić information content (AvgIpc) is 2.49. The van der Waals surface area contributed by atoms with Gasteiger partial charge in [-0.1, -0.05) is 19.3 Å². The Morgan fingerprint density at radius 3 is 2.40 bits per heavy atom. The van der Waals surface area contributed by atoms with Gasteiger partial charge in [0.2, 0.25) is 5.91 Å². The molecule has 1 heterocycles. The van der Waals surface area contributed by atoms with Gasteiger partial charge in [0, 0.05) is 26.2 Å². The van der Waals surface area contributed by atoms with Gasteiger partial charge in [-0.15, -0.1) is 0 Å². The molecule has 20 heavy (non-hydrogen) atoms. The van der Waals surface area contributed by atoms with Gasteiger partial charge in [0.1, 0.15) is 0 Å². The van der Waals surface area contributed by atoms with Gasteiger partial charge < -0.3 is 9.80 Å². The fourth-order valence-corrected chi connectivity index (χ4v) is 3.95. The van der Waals surface area contributed by atoms with E-state index in [1.54, 1.807) is 0 Å². The zero-order valence-electron chi connectivity index (χ0n) is 13.4. The molecule has 0 bridgehead atoms. The van der Waals surface area contributed by atoms with Crippen LogP contribution in [-0.2, 0) is 4.79 Å². The van der Waals surface area contributed by atoms with Crippen molar-refractivity contribution in [2.75, 3.05) is 32.7 Å². The first kappa shape index (κ1) is 15.8. The van der Waals surface area contributed by atoms with Crippen LogP contribution in [0.5, 0.6) is 0 Å². The standard InChI is InChI=1S/C17H32N2O/c1-3-19(4-2)17(20)16-11-8-12-18(14-16)13-15-9-6-5-7-10-15/h15-16H,3-14H2,1-2H3/t16-/m0/s1. The van der Waals surface area contributed by atoms with E-state index in [1.807, 2.05) is 4.90 Å². The highest BCUT2D eigenvalue weighted by atomic mass is 16.2. The predicted octanol–water partition coefficient (Wildman–Crippen LogP) is 3.15.